The van der Waals surface area contributed by atoms with E-state index in [9.17, 15) is 4.39 Å². The molecule has 1 fully saturated rings. The molecule has 1 saturated heterocycles. The highest BCUT2D eigenvalue weighted by Crippen LogP contribution is 2.26. The Labute approximate surface area is 48.8 Å². The zero-order valence-electron chi connectivity index (χ0n) is 4.82. The van der Waals surface area contributed by atoms with Crippen molar-refractivity contribution in [2.24, 2.45) is 0 Å². The molecular weight excluding hydrogens is 107 g/mol. The molecule has 1 radical (unpaired) electrons. The third-order valence-electron chi connectivity index (χ3n) is 1.35. The summed E-state index contributed by atoms with van der Waals surface area (Å²) in [7, 11) is 0. The average molecular weight is 117 g/mol. The first-order valence-electron chi connectivity index (χ1n) is 2.83. The van der Waals surface area contributed by atoms with Crippen LogP contribution in [0.5, 0.6) is 0 Å². The van der Waals surface area contributed by atoms with Gasteiger partial charge in [0.25, 0.3) is 0 Å². The van der Waals surface area contributed by atoms with Crippen LogP contribution in [0.15, 0.2) is 0 Å². The number of ether oxygens (including phenoxy) is 1. The topological polar surface area (TPSA) is 9.23 Å². The first-order chi connectivity index (χ1) is 3.77. The number of halogens is 1. The summed E-state index contributed by atoms with van der Waals surface area (Å²) in [6.45, 7) is 4.12. The first kappa shape index (κ1) is 6.02. The predicted molar refractivity (Wildman–Crippen MR) is 29.2 cm³/mol. The maximum Gasteiger partial charge on any atom is 0.157 e. The lowest BCUT2D eigenvalue weighted by molar-refractivity contribution is -0.132. The van der Waals surface area contributed by atoms with Crippen LogP contribution in [-0.4, -0.2) is 18.9 Å². The molecule has 0 saturated carbocycles. The molecule has 1 nitrogen and oxygen atoms in total. The zero-order chi connectivity index (χ0) is 6.04. The quantitative estimate of drug-likeness (QED) is 0.530. The molecule has 0 N–H and O–H groups in total. The van der Waals surface area contributed by atoms with Crippen LogP contribution in [-0.2, 0) is 4.74 Å². The Morgan fingerprint density at radius 1 is 1.62 bits per heavy atom. The Morgan fingerprint density at radius 2 is 2.25 bits per heavy atom. The fraction of sp³-hybridized carbons (Fsp3) is 0.833. The van der Waals surface area contributed by atoms with Gasteiger partial charge in [-0.2, -0.15) is 0 Å². The minimum atomic E-state index is -1.01. The molecule has 0 amide bonds. The van der Waals surface area contributed by atoms with Crippen molar-refractivity contribution in [3.05, 3.63) is 6.92 Å². The number of hydrogen-bond donors (Lipinski definition) is 0. The maximum absolute atomic E-state index is 12.7. The smallest absolute Gasteiger partial charge is 0.157 e. The second-order valence-corrected chi connectivity index (χ2v) is 2.25. The van der Waals surface area contributed by atoms with Crippen molar-refractivity contribution < 1.29 is 9.13 Å². The molecule has 1 aliphatic rings. The number of hydrogen-bond acceptors (Lipinski definition) is 1. The van der Waals surface area contributed by atoms with Crippen molar-refractivity contribution in [2.75, 3.05) is 13.2 Å². The van der Waals surface area contributed by atoms with Crippen LogP contribution in [0, 0.1) is 6.92 Å². The summed E-state index contributed by atoms with van der Waals surface area (Å²) in [4.78, 5) is 0. The first-order valence-corrected chi connectivity index (χ1v) is 2.83. The highest BCUT2D eigenvalue weighted by Gasteiger charge is 2.37. The van der Waals surface area contributed by atoms with Crippen molar-refractivity contribution >= 4 is 0 Å². The van der Waals surface area contributed by atoms with E-state index < -0.39 is 5.67 Å². The summed E-state index contributed by atoms with van der Waals surface area (Å²) in [6.07, 6.45) is 1.22. The molecule has 0 aromatic rings. The Bertz CT molecular complexity index is 78.6. The molecule has 1 aliphatic heterocycles. The van der Waals surface area contributed by atoms with Gasteiger partial charge in [-0.1, -0.05) is 13.3 Å². The fourth-order valence-corrected chi connectivity index (χ4v) is 0.785. The van der Waals surface area contributed by atoms with Gasteiger partial charge in [0.2, 0.25) is 0 Å². The predicted octanol–water partition coefficient (Wildman–Crippen LogP) is 1.34. The molecular formula is C6H10FO. The number of rotatable bonds is 2. The van der Waals surface area contributed by atoms with Gasteiger partial charge in [0.15, 0.2) is 5.67 Å². The Balaban J connectivity index is 2.20. The molecule has 0 bridgehead atoms. The highest BCUT2D eigenvalue weighted by molar-refractivity contribution is 4.85. The van der Waals surface area contributed by atoms with Gasteiger partial charge in [0.05, 0.1) is 13.2 Å². The summed E-state index contributed by atoms with van der Waals surface area (Å²) in [5, 5.41) is 0. The molecule has 0 unspecified atom stereocenters. The summed E-state index contributed by atoms with van der Waals surface area (Å²) < 4.78 is 17.4. The van der Waals surface area contributed by atoms with Gasteiger partial charge in [-0.3, -0.25) is 0 Å². The normalized spacial score (nSPS) is 24.8. The Kier molecular flexibility index (Phi) is 1.52. The molecule has 47 valence electrons. The minimum absolute atomic E-state index is 0.280. The summed E-state index contributed by atoms with van der Waals surface area (Å²) in [5.41, 5.74) is -1.01. The highest BCUT2D eigenvalue weighted by atomic mass is 19.1. The van der Waals surface area contributed by atoms with E-state index in [1.807, 2.05) is 0 Å². The molecule has 0 aromatic carbocycles. The SMILES string of the molecule is [CH2]CCC1(F)COC1. The van der Waals surface area contributed by atoms with Crippen LogP contribution in [0.4, 0.5) is 4.39 Å². The van der Waals surface area contributed by atoms with Crippen molar-refractivity contribution in [2.45, 2.75) is 18.5 Å². The summed E-state index contributed by atoms with van der Waals surface area (Å²) in [6, 6.07) is 0. The third-order valence-corrected chi connectivity index (χ3v) is 1.35. The molecule has 2 heteroatoms. The van der Waals surface area contributed by atoms with E-state index in [2.05, 4.69) is 11.7 Å². The second-order valence-electron chi connectivity index (χ2n) is 2.25. The van der Waals surface area contributed by atoms with Crippen molar-refractivity contribution in [3.8, 4) is 0 Å². The standard InChI is InChI=1S/C6H10FO/c1-2-3-6(7)4-8-5-6/h1-5H2. The van der Waals surface area contributed by atoms with Crippen LogP contribution >= 0.6 is 0 Å². The maximum atomic E-state index is 12.7. The Morgan fingerprint density at radius 3 is 2.38 bits per heavy atom. The van der Waals surface area contributed by atoms with Gasteiger partial charge >= 0.3 is 0 Å². The molecule has 0 aliphatic carbocycles. The van der Waals surface area contributed by atoms with E-state index in [0.29, 0.717) is 12.8 Å². The van der Waals surface area contributed by atoms with E-state index in [1.54, 1.807) is 0 Å². The lowest BCUT2D eigenvalue weighted by Gasteiger charge is -2.33. The van der Waals surface area contributed by atoms with E-state index in [0.717, 1.165) is 0 Å². The Hall–Kier alpha value is -0.110. The monoisotopic (exact) mass is 117 g/mol. The van der Waals surface area contributed by atoms with E-state index in [4.69, 9.17) is 0 Å². The van der Waals surface area contributed by atoms with E-state index >= 15 is 0 Å². The molecule has 1 heterocycles. The lowest BCUT2D eigenvalue weighted by Crippen LogP contribution is -2.45. The van der Waals surface area contributed by atoms with Crippen LogP contribution in [0.3, 0.4) is 0 Å². The molecule has 1 rings (SSSR count). The zero-order valence-corrected chi connectivity index (χ0v) is 4.82. The van der Waals surface area contributed by atoms with Crippen LogP contribution in [0.1, 0.15) is 12.8 Å². The third kappa shape index (κ3) is 0.996. The largest absolute Gasteiger partial charge is 0.375 e. The molecule has 0 spiro atoms. The van der Waals surface area contributed by atoms with Crippen LogP contribution in [0.25, 0.3) is 0 Å². The van der Waals surface area contributed by atoms with Gasteiger partial charge in [0, 0.05) is 0 Å². The van der Waals surface area contributed by atoms with Crippen molar-refractivity contribution in [1.29, 1.82) is 0 Å². The van der Waals surface area contributed by atoms with Crippen LogP contribution < -0.4 is 0 Å². The lowest BCUT2D eigenvalue weighted by atomic mass is 9.99. The van der Waals surface area contributed by atoms with Crippen molar-refractivity contribution in [1.82, 2.24) is 0 Å². The van der Waals surface area contributed by atoms with E-state index in [1.165, 1.54) is 0 Å². The van der Waals surface area contributed by atoms with Gasteiger partial charge in [-0.25, -0.2) is 4.39 Å². The van der Waals surface area contributed by atoms with Crippen LogP contribution in [0.2, 0.25) is 0 Å². The average Bonchev–Trinajstić information content (AvgIpc) is 1.64. The molecule has 0 atom stereocenters. The summed E-state index contributed by atoms with van der Waals surface area (Å²) >= 11 is 0. The fourth-order valence-electron chi connectivity index (χ4n) is 0.785. The van der Waals surface area contributed by atoms with E-state index in [-0.39, 0.29) is 13.2 Å². The molecule has 8 heavy (non-hydrogen) atoms. The molecule has 0 aromatic heterocycles. The number of alkyl halides is 1. The minimum Gasteiger partial charge on any atom is -0.375 e. The van der Waals surface area contributed by atoms with Gasteiger partial charge in [-0.05, 0) is 6.42 Å². The van der Waals surface area contributed by atoms with Gasteiger partial charge in [0.1, 0.15) is 0 Å². The van der Waals surface area contributed by atoms with Gasteiger partial charge < -0.3 is 4.74 Å². The van der Waals surface area contributed by atoms with Crippen molar-refractivity contribution in [3.63, 3.8) is 0 Å². The summed E-state index contributed by atoms with van der Waals surface area (Å²) in [5.74, 6) is 0. The second kappa shape index (κ2) is 2.02. The van der Waals surface area contributed by atoms with Gasteiger partial charge in [-0.15, -0.1) is 0 Å².